The van der Waals surface area contributed by atoms with E-state index in [1.807, 2.05) is 29.2 Å². The van der Waals surface area contributed by atoms with E-state index in [4.69, 9.17) is 16.3 Å². The van der Waals surface area contributed by atoms with E-state index in [1.54, 1.807) is 24.3 Å². The third-order valence-electron chi connectivity index (χ3n) is 5.82. The maximum Gasteiger partial charge on any atom is 0.262 e. The highest BCUT2D eigenvalue weighted by molar-refractivity contribution is 6.30. The van der Waals surface area contributed by atoms with E-state index in [2.05, 4.69) is 37.9 Å². The van der Waals surface area contributed by atoms with Crippen LogP contribution < -0.4 is 15.0 Å². The van der Waals surface area contributed by atoms with Crippen molar-refractivity contribution in [1.29, 1.82) is 0 Å². The molecule has 1 atom stereocenters. The van der Waals surface area contributed by atoms with Gasteiger partial charge in [-0.15, -0.1) is 0 Å². The van der Waals surface area contributed by atoms with Gasteiger partial charge in [0.25, 0.3) is 5.91 Å². The van der Waals surface area contributed by atoms with Gasteiger partial charge in [-0.1, -0.05) is 39.3 Å². The standard InChI is InChI=1S/C27H36ClN3O3/c1-20(18-27(2,3)4)17-26(33)31-15-13-30(14-16-31)23-9-7-22(8-10-23)29-25(32)19-34-24-11-5-21(28)6-12-24/h5-12,20H,13-19H2,1-4H3,(H,29,32). The van der Waals surface area contributed by atoms with E-state index in [9.17, 15) is 9.59 Å². The van der Waals surface area contributed by atoms with Crippen LogP contribution >= 0.6 is 11.6 Å². The molecule has 7 heteroatoms. The fraction of sp³-hybridized carbons (Fsp3) is 0.481. The summed E-state index contributed by atoms with van der Waals surface area (Å²) in [5.74, 6) is 1.02. The van der Waals surface area contributed by atoms with E-state index in [0.29, 0.717) is 23.1 Å². The van der Waals surface area contributed by atoms with Crippen molar-refractivity contribution in [2.45, 2.75) is 40.5 Å². The zero-order valence-electron chi connectivity index (χ0n) is 20.6. The van der Waals surface area contributed by atoms with E-state index in [-0.39, 0.29) is 23.8 Å². The third-order valence-corrected chi connectivity index (χ3v) is 6.07. The maximum absolute atomic E-state index is 12.7. The lowest BCUT2D eigenvalue weighted by atomic mass is 9.84. The summed E-state index contributed by atoms with van der Waals surface area (Å²) >= 11 is 5.85. The van der Waals surface area contributed by atoms with Crippen molar-refractivity contribution in [1.82, 2.24) is 4.90 Å². The van der Waals surface area contributed by atoms with Gasteiger partial charge in [-0.3, -0.25) is 9.59 Å². The number of nitrogens with zero attached hydrogens (tertiary/aromatic N) is 2. The molecule has 1 aliphatic rings. The summed E-state index contributed by atoms with van der Waals surface area (Å²) in [6.45, 7) is 11.8. The summed E-state index contributed by atoms with van der Waals surface area (Å²) < 4.78 is 5.48. The minimum atomic E-state index is -0.226. The monoisotopic (exact) mass is 485 g/mol. The average Bonchev–Trinajstić information content (AvgIpc) is 2.78. The van der Waals surface area contributed by atoms with Crippen LogP contribution in [0.5, 0.6) is 5.75 Å². The lowest BCUT2D eigenvalue weighted by molar-refractivity contribution is -0.132. The first-order valence-corrected chi connectivity index (χ1v) is 12.3. The van der Waals surface area contributed by atoms with Crippen LogP contribution in [0, 0.1) is 11.3 Å². The molecular formula is C27H36ClN3O3. The van der Waals surface area contributed by atoms with Crippen LogP contribution in [-0.2, 0) is 9.59 Å². The summed E-state index contributed by atoms with van der Waals surface area (Å²) in [5, 5.41) is 3.47. The molecule has 1 unspecified atom stereocenters. The number of ether oxygens (including phenoxy) is 1. The first-order valence-electron chi connectivity index (χ1n) is 11.9. The zero-order chi connectivity index (χ0) is 24.7. The molecule has 6 nitrogen and oxygen atoms in total. The first-order chi connectivity index (χ1) is 16.1. The average molecular weight is 486 g/mol. The summed E-state index contributed by atoms with van der Waals surface area (Å²) in [6.07, 6.45) is 1.67. The molecule has 1 saturated heterocycles. The number of hydrogen-bond acceptors (Lipinski definition) is 4. The Morgan fingerprint density at radius 1 is 1.00 bits per heavy atom. The van der Waals surface area contributed by atoms with Crippen LogP contribution in [0.2, 0.25) is 5.02 Å². The minimum Gasteiger partial charge on any atom is -0.484 e. The number of benzene rings is 2. The lowest BCUT2D eigenvalue weighted by Crippen LogP contribution is -2.49. The van der Waals surface area contributed by atoms with Crippen molar-refractivity contribution in [2.24, 2.45) is 11.3 Å². The molecule has 2 aromatic carbocycles. The summed E-state index contributed by atoms with van der Waals surface area (Å²) in [6, 6.07) is 14.7. The number of anilines is 2. The Hall–Kier alpha value is -2.73. The minimum absolute atomic E-state index is 0.0757. The molecule has 0 saturated carbocycles. The van der Waals surface area contributed by atoms with Gasteiger partial charge < -0.3 is 19.9 Å². The van der Waals surface area contributed by atoms with Gasteiger partial charge in [-0.25, -0.2) is 0 Å². The molecule has 0 aromatic heterocycles. The SMILES string of the molecule is CC(CC(=O)N1CCN(c2ccc(NC(=O)COc3ccc(Cl)cc3)cc2)CC1)CC(C)(C)C. The molecule has 184 valence electrons. The number of carbonyl (C=O) groups is 2. The molecule has 1 N–H and O–H groups in total. The van der Waals surface area contributed by atoms with Gasteiger partial charge in [0.15, 0.2) is 6.61 Å². The Balaban J connectivity index is 1.42. The normalized spacial score (nSPS) is 15.1. The van der Waals surface area contributed by atoms with Crippen molar-refractivity contribution < 1.29 is 14.3 Å². The second-order valence-corrected chi connectivity index (χ2v) is 10.7. The highest BCUT2D eigenvalue weighted by Gasteiger charge is 2.24. The largest absolute Gasteiger partial charge is 0.484 e. The van der Waals surface area contributed by atoms with Gasteiger partial charge >= 0.3 is 0 Å². The van der Waals surface area contributed by atoms with Crippen molar-refractivity contribution in [3.05, 3.63) is 53.6 Å². The van der Waals surface area contributed by atoms with Gasteiger partial charge in [0.05, 0.1) is 0 Å². The maximum atomic E-state index is 12.7. The van der Waals surface area contributed by atoms with E-state index >= 15 is 0 Å². The van der Waals surface area contributed by atoms with Crippen LogP contribution in [0.15, 0.2) is 48.5 Å². The van der Waals surface area contributed by atoms with Gasteiger partial charge in [-0.2, -0.15) is 0 Å². The fourth-order valence-electron chi connectivity index (χ4n) is 4.39. The lowest BCUT2D eigenvalue weighted by Gasteiger charge is -2.37. The van der Waals surface area contributed by atoms with Crippen molar-refractivity contribution in [2.75, 3.05) is 43.0 Å². The van der Waals surface area contributed by atoms with Gasteiger partial charge in [0, 0.05) is 49.0 Å². The number of carbonyl (C=O) groups excluding carboxylic acids is 2. The van der Waals surface area contributed by atoms with Crippen molar-refractivity contribution >= 4 is 34.8 Å². The Morgan fingerprint density at radius 2 is 1.62 bits per heavy atom. The van der Waals surface area contributed by atoms with E-state index in [0.717, 1.165) is 44.0 Å². The quantitative estimate of drug-likeness (QED) is 0.538. The molecule has 2 aromatic rings. The molecule has 1 aliphatic heterocycles. The molecule has 0 radical (unpaired) electrons. The molecule has 0 bridgehead atoms. The molecule has 34 heavy (non-hydrogen) atoms. The number of amides is 2. The topological polar surface area (TPSA) is 61.9 Å². The summed E-state index contributed by atoms with van der Waals surface area (Å²) in [7, 11) is 0. The Bertz CT molecular complexity index is 947. The second-order valence-electron chi connectivity index (χ2n) is 10.3. The first kappa shape index (κ1) is 25.9. The zero-order valence-corrected chi connectivity index (χ0v) is 21.4. The predicted molar refractivity (Wildman–Crippen MR) is 139 cm³/mol. The molecule has 3 rings (SSSR count). The van der Waals surface area contributed by atoms with E-state index < -0.39 is 0 Å². The number of piperazine rings is 1. The van der Waals surface area contributed by atoms with Crippen molar-refractivity contribution in [3.8, 4) is 5.75 Å². The summed E-state index contributed by atoms with van der Waals surface area (Å²) in [4.78, 5) is 29.1. The third kappa shape index (κ3) is 8.24. The number of rotatable bonds is 8. The smallest absolute Gasteiger partial charge is 0.262 e. The molecule has 1 heterocycles. The molecule has 0 aliphatic carbocycles. The fourth-order valence-corrected chi connectivity index (χ4v) is 4.52. The molecule has 1 fully saturated rings. The number of halogens is 1. The second kappa shape index (κ2) is 11.6. The van der Waals surface area contributed by atoms with E-state index in [1.165, 1.54) is 0 Å². The molecule has 2 amide bonds. The highest BCUT2D eigenvalue weighted by atomic mass is 35.5. The highest BCUT2D eigenvalue weighted by Crippen LogP contribution is 2.27. The van der Waals surface area contributed by atoms with Crippen LogP contribution in [0.25, 0.3) is 0 Å². The number of nitrogens with one attached hydrogen (secondary N) is 1. The van der Waals surface area contributed by atoms with Crippen LogP contribution in [-0.4, -0.2) is 49.5 Å². The summed E-state index contributed by atoms with van der Waals surface area (Å²) in [5.41, 5.74) is 2.05. The molecular weight excluding hydrogens is 450 g/mol. The van der Waals surface area contributed by atoms with Gasteiger partial charge in [0.2, 0.25) is 5.91 Å². The Kier molecular flexibility index (Phi) is 8.84. The van der Waals surface area contributed by atoms with Gasteiger partial charge in [-0.05, 0) is 66.3 Å². The van der Waals surface area contributed by atoms with Crippen LogP contribution in [0.1, 0.15) is 40.5 Å². The van der Waals surface area contributed by atoms with Crippen molar-refractivity contribution in [3.63, 3.8) is 0 Å². The Labute approximate surface area is 208 Å². The Morgan fingerprint density at radius 3 is 2.21 bits per heavy atom. The van der Waals surface area contributed by atoms with Gasteiger partial charge in [0.1, 0.15) is 5.75 Å². The van der Waals surface area contributed by atoms with Crippen LogP contribution in [0.3, 0.4) is 0 Å². The predicted octanol–water partition coefficient (Wildman–Crippen LogP) is 5.47. The molecule has 0 spiro atoms. The number of hydrogen-bond donors (Lipinski definition) is 1. The van der Waals surface area contributed by atoms with Crippen LogP contribution in [0.4, 0.5) is 11.4 Å².